The van der Waals surface area contributed by atoms with Gasteiger partial charge in [0.05, 0.1) is 6.54 Å². The summed E-state index contributed by atoms with van der Waals surface area (Å²) in [6.45, 7) is 6.49. The minimum Gasteiger partial charge on any atom is -0.355 e. The van der Waals surface area contributed by atoms with Gasteiger partial charge in [0.25, 0.3) is 0 Å². The van der Waals surface area contributed by atoms with E-state index in [2.05, 4.69) is 30.7 Å². The molecule has 0 aromatic heterocycles. The third-order valence-corrected chi connectivity index (χ3v) is 2.73. The zero-order valence-electron chi connectivity index (χ0n) is 10.1. The number of nitrogens with one attached hydrogen (secondary N) is 2. The summed E-state index contributed by atoms with van der Waals surface area (Å²) in [6, 6.07) is 0. The smallest absolute Gasteiger partial charge is 0.233 e. The van der Waals surface area contributed by atoms with Gasteiger partial charge in [0.15, 0.2) is 0 Å². The van der Waals surface area contributed by atoms with E-state index >= 15 is 0 Å². The van der Waals surface area contributed by atoms with Crippen LogP contribution in [-0.4, -0.2) is 37.6 Å². The molecule has 90 valence electrons. The van der Waals surface area contributed by atoms with Crippen molar-refractivity contribution >= 4 is 17.7 Å². The van der Waals surface area contributed by atoms with Gasteiger partial charge in [-0.15, -0.1) is 0 Å². The molecule has 0 heterocycles. The largest absolute Gasteiger partial charge is 0.355 e. The van der Waals surface area contributed by atoms with Crippen LogP contribution < -0.4 is 10.6 Å². The molecule has 4 heteroatoms. The zero-order chi connectivity index (χ0) is 11.5. The Bertz CT molecular complexity index is 163. The van der Waals surface area contributed by atoms with Gasteiger partial charge in [0.1, 0.15) is 0 Å². The van der Waals surface area contributed by atoms with Crippen LogP contribution in [0.25, 0.3) is 0 Å². The Labute approximate surface area is 97.8 Å². The maximum absolute atomic E-state index is 11.3. The average molecular weight is 232 g/mol. The Morgan fingerprint density at radius 2 is 2.07 bits per heavy atom. The molecular formula is C11H24N2OS. The van der Waals surface area contributed by atoms with E-state index in [1.807, 2.05) is 11.8 Å². The first-order valence-electron chi connectivity index (χ1n) is 5.63. The van der Waals surface area contributed by atoms with Crippen molar-refractivity contribution in [2.24, 2.45) is 5.92 Å². The third-order valence-electron chi connectivity index (χ3n) is 2.03. The van der Waals surface area contributed by atoms with Crippen LogP contribution >= 0.6 is 11.8 Å². The van der Waals surface area contributed by atoms with Gasteiger partial charge >= 0.3 is 0 Å². The summed E-state index contributed by atoms with van der Waals surface area (Å²) in [6.07, 6.45) is 4.28. The first-order chi connectivity index (χ1) is 7.16. The molecule has 1 amide bonds. The second-order valence-electron chi connectivity index (χ2n) is 4.06. The van der Waals surface area contributed by atoms with E-state index in [1.165, 1.54) is 0 Å². The molecule has 2 N–H and O–H groups in total. The quantitative estimate of drug-likeness (QED) is 0.592. The molecule has 0 saturated heterocycles. The van der Waals surface area contributed by atoms with Crippen molar-refractivity contribution in [3.63, 3.8) is 0 Å². The molecule has 0 aliphatic rings. The average Bonchev–Trinajstić information content (AvgIpc) is 2.17. The number of hydrogen-bond donors (Lipinski definition) is 2. The van der Waals surface area contributed by atoms with E-state index in [0.29, 0.717) is 12.5 Å². The van der Waals surface area contributed by atoms with E-state index in [4.69, 9.17) is 0 Å². The van der Waals surface area contributed by atoms with Crippen molar-refractivity contribution < 1.29 is 4.79 Å². The molecule has 0 rings (SSSR count). The highest BCUT2D eigenvalue weighted by Gasteiger charge is 2.00. The van der Waals surface area contributed by atoms with Gasteiger partial charge in [-0.3, -0.25) is 4.79 Å². The summed E-state index contributed by atoms with van der Waals surface area (Å²) in [5.74, 6) is 1.92. The van der Waals surface area contributed by atoms with Gasteiger partial charge in [0.2, 0.25) is 5.91 Å². The maximum atomic E-state index is 11.3. The van der Waals surface area contributed by atoms with Crippen LogP contribution in [0.2, 0.25) is 0 Å². The first kappa shape index (κ1) is 14.8. The molecule has 15 heavy (non-hydrogen) atoms. The molecule has 0 radical (unpaired) electrons. The molecule has 0 aliphatic carbocycles. The molecule has 0 aliphatic heterocycles. The fourth-order valence-electron chi connectivity index (χ4n) is 1.11. The highest BCUT2D eigenvalue weighted by atomic mass is 32.2. The van der Waals surface area contributed by atoms with Crippen molar-refractivity contribution in [1.82, 2.24) is 10.6 Å². The molecule has 0 aromatic carbocycles. The molecule has 0 unspecified atom stereocenters. The predicted molar refractivity (Wildman–Crippen MR) is 68.3 cm³/mol. The number of hydrogen-bond acceptors (Lipinski definition) is 3. The summed E-state index contributed by atoms with van der Waals surface area (Å²) in [7, 11) is 0. The number of carbonyl (C=O) groups is 1. The van der Waals surface area contributed by atoms with E-state index < -0.39 is 0 Å². The molecule has 0 spiro atoms. The standard InChI is InChI=1S/C11H24N2OS/c1-10(2)5-7-13-11(14)9-12-6-4-8-15-3/h10,12H,4-9H2,1-3H3,(H,13,14). The minimum absolute atomic E-state index is 0.111. The normalized spacial score (nSPS) is 10.7. The van der Waals surface area contributed by atoms with Crippen LogP contribution in [0.15, 0.2) is 0 Å². The van der Waals surface area contributed by atoms with Crippen molar-refractivity contribution in [2.45, 2.75) is 26.7 Å². The molecule has 0 aromatic rings. The molecule has 3 nitrogen and oxygen atoms in total. The molecule has 0 bridgehead atoms. The maximum Gasteiger partial charge on any atom is 0.233 e. The lowest BCUT2D eigenvalue weighted by Crippen LogP contribution is -2.35. The fraction of sp³-hybridized carbons (Fsp3) is 0.909. The minimum atomic E-state index is 0.111. The van der Waals surface area contributed by atoms with Crippen molar-refractivity contribution in [1.29, 1.82) is 0 Å². The summed E-state index contributed by atoms with van der Waals surface area (Å²) < 4.78 is 0. The highest BCUT2D eigenvalue weighted by Crippen LogP contribution is 1.96. The van der Waals surface area contributed by atoms with Crippen molar-refractivity contribution in [3.8, 4) is 0 Å². The fourth-order valence-corrected chi connectivity index (χ4v) is 1.54. The van der Waals surface area contributed by atoms with Crippen LogP contribution in [-0.2, 0) is 4.79 Å². The van der Waals surface area contributed by atoms with Gasteiger partial charge in [0, 0.05) is 6.54 Å². The molecule has 0 saturated carbocycles. The summed E-state index contributed by atoms with van der Waals surface area (Å²) in [5.41, 5.74) is 0. The Morgan fingerprint density at radius 3 is 2.67 bits per heavy atom. The molecule has 0 fully saturated rings. The van der Waals surface area contributed by atoms with Crippen LogP contribution in [0.1, 0.15) is 26.7 Å². The monoisotopic (exact) mass is 232 g/mol. The van der Waals surface area contributed by atoms with Gasteiger partial charge in [-0.05, 0) is 37.3 Å². The number of thioether (sulfide) groups is 1. The number of amides is 1. The SMILES string of the molecule is CSCCCNCC(=O)NCCC(C)C. The summed E-state index contributed by atoms with van der Waals surface area (Å²) >= 11 is 1.84. The zero-order valence-corrected chi connectivity index (χ0v) is 11.0. The highest BCUT2D eigenvalue weighted by molar-refractivity contribution is 7.98. The van der Waals surface area contributed by atoms with Crippen LogP contribution in [0.5, 0.6) is 0 Å². The van der Waals surface area contributed by atoms with E-state index in [9.17, 15) is 4.79 Å². The van der Waals surface area contributed by atoms with Crippen molar-refractivity contribution in [2.75, 3.05) is 31.6 Å². The lowest BCUT2D eigenvalue weighted by molar-refractivity contribution is -0.120. The number of rotatable bonds is 9. The van der Waals surface area contributed by atoms with Gasteiger partial charge in [-0.1, -0.05) is 13.8 Å². The number of carbonyl (C=O) groups excluding carboxylic acids is 1. The van der Waals surface area contributed by atoms with Crippen LogP contribution in [0.3, 0.4) is 0 Å². The van der Waals surface area contributed by atoms with Crippen LogP contribution in [0, 0.1) is 5.92 Å². The summed E-state index contributed by atoms with van der Waals surface area (Å²) in [4.78, 5) is 11.3. The Morgan fingerprint density at radius 1 is 1.33 bits per heavy atom. The Hall–Kier alpha value is -0.220. The predicted octanol–water partition coefficient (Wildman–Crippen LogP) is 1.49. The summed E-state index contributed by atoms with van der Waals surface area (Å²) in [5, 5.41) is 6.03. The van der Waals surface area contributed by atoms with Crippen molar-refractivity contribution in [3.05, 3.63) is 0 Å². The van der Waals surface area contributed by atoms with E-state index in [0.717, 1.165) is 31.7 Å². The lowest BCUT2D eigenvalue weighted by Gasteiger charge is -2.07. The van der Waals surface area contributed by atoms with E-state index in [1.54, 1.807) is 0 Å². The second-order valence-corrected chi connectivity index (χ2v) is 5.04. The Balaban J connectivity index is 3.19. The molecule has 0 atom stereocenters. The van der Waals surface area contributed by atoms with E-state index in [-0.39, 0.29) is 5.91 Å². The second kappa shape index (κ2) is 10.3. The third kappa shape index (κ3) is 11.7. The first-order valence-corrected chi connectivity index (χ1v) is 7.02. The van der Waals surface area contributed by atoms with Gasteiger partial charge in [-0.2, -0.15) is 11.8 Å². The topological polar surface area (TPSA) is 41.1 Å². The molecular weight excluding hydrogens is 208 g/mol. The lowest BCUT2D eigenvalue weighted by atomic mass is 10.1. The van der Waals surface area contributed by atoms with Gasteiger partial charge < -0.3 is 10.6 Å². The van der Waals surface area contributed by atoms with Crippen LogP contribution in [0.4, 0.5) is 0 Å². The van der Waals surface area contributed by atoms with Gasteiger partial charge in [-0.25, -0.2) is 0 Å². The Kier molecular flexibility index (Phi) is 10.2.